The third-order valence-corrected chi connectivity index (χ3v) is 3.88. The molecule has 0 radical (unpaired) electrons. The van der Waals surface area contributed by atoms with Crippen molar-refractivity contribution in [1.82, 2.24) is 14.7 Å². The molecule has 0 atom stereocenters. The molecule has 0 saturated carbocycles. The summed E-state index contributed by atoms with van der Waals surface area (Å²) < 4.78 is 2.09. The van der Waals surface area contributed by atoms with E-state index in [4.69, 9.17) is 11.6 Å². The normalized spacial score (nSPS) is 11.1. The summed E-state index contributed by atoms with van der Waals surface area (Å²) in [5, 5.41) is 4.21. The molecule has 108 valence electrons. The largest absolute Gasteiger partial charge is 0.313 e. The molecular weight excluding hydrogens is 282 g/mol. The second-order valence-corrected chi connectivity index (χ2v) is 5.46. The number of hydrogen-bond donors (Lipinski definition) is 1. The number of imidazole rings is 1. The van der Waals surface area contributed by atoms with E-state index in [0.717, 1.165) is 47.0 Å². The summed E-state index contributed by atoms with van der Waals surface area (Å²) in [5.74, 6) is 0. The Morgan fingerprint density at radius 1 is 1.24 bits per heavy atom. The molecule has 3 rings (SSSR count). The Bertz CT molecular complexity index is 749. The van der Waals surface area contributed by atoms with E-state index in [-0.39, 0.29) is 0 Å². The van der Waals surface area contributed by atoms with Crippen molar-refractivity contribution in [3.63, 3.8) is 0 Å². The first kappa shape index (κ1) is 14.1. The van der Waals surface area contributed by atoms with Crippen molar-refractivity contribution in [2.24, 2.45) is 0 Å². The molecule has 2 heterocycles. The Balaban J connectivity index is 1.98. The number of aromatic nitrogens is 2. The lowest BCUT2D eigenvalue weighted by Crippen LogP contribution is -2.14. The maximum Gasteiger partial charge on any atom is 0.137 e. The lowest BCUT2D eigenvalue weighted by molar-refractivity contribution is 0.676. The van der Waals surface area contributed by atoms with E-state index in [1.54, 1.807) is 0 Å². The molecule has 4 heteroatoms. The number of fused-ring (bicyclic) bond motifs is 1. The topological polar surface area (TPSA) is 29.3 Å². The maximum absolute atomic E-state index is 6.30. The second kappa shape index (κ2) is 6.29. The Morgan fingerprint density at radius 2 is 2.14 bits per heavy atom. The zero-order valence-electron chi connectivity index (χ0n) is 12.0. The minimum absolute atomic E-state index is 0.792. The quantitative estimate of drug-likeness (QED) is 0.717. The number of halogens is 1. The first-order valence-electron chi connectivity index (χ1n) is 7.21. The van der Waals surface area contributed by atoms with Gasteiger partial charge in [0.25, 0.3) is 0 Å². The maximum atomic E-state index is 6.30. The molecule has 3 aromatic rings. The zero-order chi connectivity index (χ0) is 14.7. The highest BCUT2D eigenvalue weighted by atomic mass is 35.5. The molecule has 3 nitrogen and oxygen atoms in total. The summed E-state index contributed by atoms with van der Waals surface area (Å²) in [7, 11) is 0. The third-order valence-electron chi connectivity index (χ3n) is 3.51. The fourth-order valence-corrected chi connectivity index (χ4v) is 2.64. The van der Waals surface area contributed by atoms with Gasteiger partial charge in [0.1, 0.15) is 5.65 Å². The Morgan fingerprint density at radius 3 is 3.00 bits per heavy atom. The van der Waals surface area contributed by atoms with E-state index < -0.39 is 0 Å². The van der Waals surface area contributed by atoms with E-state index in [2.05, 4.69) is 39.8 Å². The molecule has 0 aliphatic carbocycles. The molecule has 0 fully saturated rings. The van der Waals surface area contributed by atoms with Crippen molar-refractivity contribution in [1.29, 1.82) is 0 Å². The average molecular weight is 300 g/mol. The first-order chi connectivity index (χ1) is 10.3. The van der Waals surface area contributed by atoms with Gasteiger partial charge in [0, 0.05) is 24.0 Å². The van der Waals surface area contributed by atoms with E-state index in [9.17, 15) is 0 Å². The van der Waals surface area contributed by atoms with Crippen LogP contribution in [0, 0.1) is 0 Å². The lowest BCUT2D eigenvalue weighted by atomic mass is 10.1. The fraction of sp³-hybridized carbons (Fsp3) is 0.235. The molecule has 0 bridgehead atoms. The minimum atomic E-state index is 0.792. The van der Waals surface area contributed by atoms with Gasteiger partial charge in [0.15, 0.2) is 0 Å². The van der Waals surface area contributed by atoms with Crippen LogP contribution in [0.1, 0.15) is 18.9 Å². The standard InChI is InChI=1S/C17H18ClN3/c1-2-8-19-12-14-11-13(6-7-15(14)18)16-4-3-5-17-20-9-10-21(16)17/h3-7,9-11,19H,2,8,12H2,1H3. The highest BCUT2D eigenvalue weighted by Crippen LogP contribution is 2.25. The van der Waals surface area contributed by atoms with Gasteiger partial charge in [-0.1, -0.05) is 30.7 Å². The predicted molar refractivity (Wildman–Crippen MR) is 87.6 cm³/mol. The van der Waals surface area contributed by atoms with Crippen molar-refractivity contribution in [3.8, 4) is 11.3 Å². The van der Waals surface area contributed by atoms with E-state index >= 15 is 0 Å². The van der Waals surface area contributed by atoms with Crippen LogP contribution < -0.4 is 5.32 Å². The van der Waals surface area contributed by atoms with Gasteiger partial charge in [-0.2, -0.15) is 0 Å². The Kier molecular flexibility index (Phi) is 4.23. The predicted octanol–water partition coefficient (Wildman–Crippen LogP) is 4.15. The summed E-state index contributed by atoms with van der Waals surface area (Å²) in [6, 6.07) is 12.3. The average Bonchev–Trinajstić information content (AvgIpc) is 2.98. The highest BCUT2D eigenvalue weighted by Gasteiger charge is 2.07. The van der Waals surface area contributed by atoms with Gasteiger partial charge in [-0.05, 0) is 48.4 Å². The summed E-state index contributed by atoms with van der Waals surface area (Å²) in [6.45, 7) is 3.95. The third kappa shape index (κ3) is 2.94. The van der Waals surface area contributed by atoms with Crippen LogP contribution in [0.5, 0.6) is 0 Å². The smallest absolute Gasteiger partial charge is 0.137 e. The number of hydrogen-bond acceptors (Lipinski definition) is 2. The molecule has 2 aromatic heterocycles. The monoisotopic (exact) mass is 299 g/mol. The van der Waals surface area contributed by atoms with Crippen molar-refractivity contribution in [2.75, 3.05) is 6.54 Å². The first-order valence-corrected chi connectivity index (χ1v) is 7.59. The molecule has 0 unspecified atom stereocenters. The van der Waals surface area contributed by atoms with Gasteiger partial charge in [-0.25, -0.2) is 4.98 Å². The van der Waals surface area contributed by atoms with Crippen molar-refractivity contribution in [2.45, 2.75) is 19.9 Å². The van der Waals surface area contributed by atoms with Crippen LogP contribution in [0.25, 0.3) is 16.9 Å². The van der Waals surface area contributed by atoms with E-state index in [1.165, 1.54) is 0 Å². The summed E-state index contributed by atoms with van der Waals surface area (Å²) in [4.78, 5) is 4.33. The molecule has 1 N–H and O–H groups in total. The summed E-state index contributed by atoms with van der Waals surface area (Å²) in [6.07, 6.45) is 4.92. The number of nitrogens with one attached hydrogen (secondary N) is 1. The molecule has 0 aliphatic heterocycles. The fourth-order valence-electron chi connectivity index (χ4n) is 2.45. The molecular formula is C17H18ClN3. The Labute approximate surface area is 129 Å². The highest BCUT2D eigenvalue weighted by molar-refractivity contribution is 6.31. The number of nitrogens with zero attached hydrogens (tertiary/aromatic N) is 2. The molecule has 21 heavy (non-hydrogen) atoms. The van der Waals surface area contributed by atoms with E-state index in [0.29, 0.717) is 0 Å². The second-order valence-electron chi connectivity index (χ2n) is 5.05. The summed E-state index contributed by atoms with van der Waals surface area (Å²) >= 11 is 6.30. The van der Waals surface area contributed by atoms with Crippen LogP contribution in [-0.2, 0) is 6.54 Å². The molecule has 0 aliphatic rings. The lowest BCUT2D eigenvalue weighted by Gasteiger charge is -2.10. The van der Waals surface area contributed by atoms with Crippen molar-refractivity contribution < 1.29 is 0 Å². The minimum Gasteiger partial charge on any atom is -0.313 e. The van der Waals surface area contributed by atoms with Gasteiger partial charge >= 0.3 is 0 Å². The van der Waals surface area contributed by atoms with Gasteiger partial charge < -0.3 is 5.32 Å². The Hall–Kier alpha value is -1.84. The van der Waals surface area contributed by atoms with Crippen LogP contribution in [0.15, 0.2) is 48.8 Å². The van der Waals surface area contributed by atoms with Gasteiger partial charge in [-0.15, -0.1) is 0 Å². The van der Waals surface area contributed by atoms with Gasteiger partial charge in [0.2, 0.25) is 0 Å². The van der Waals surface area contributed by atoms with Crippen LogP contribution >= 0.6 is 11.6 Å². The molecule has 0 amide bonds. The van der Waals surface area contributed by atoms with Crippen molar-refractivity contribution >= 4 is 17.2 Å². The van der Waals surface area contributed by atoms with Gasteiger partial charge in [-0.3, -0.25) is 4.40 Å². The van der Waals surface area contributed by atoms with Crippen molar-refractivity contribution in [3.05, 3.63) is 59.4 Å². The molecule has 0 saturated heterocycles. The van der Waals surface area contributed by atoms with Gasteiger partial charge in [0.05, 0.1) is 5.69 Å². The number of pyridine rings is 1. The van der Waals surface area contributed by atoms with Crippen LogP contribution in [-0.4, -0.2) is 15.9 Å². The SMILES string of the molecule is CCCNCc1cc(-c2cccc3nccn23)ccc1Cl. The molecule has 1 aromatic carbocycles. The van der Waals surface area contributed by atoms with Crippen LogP contribution in [0.4, 0.5) is 0 Å². The molecule has 0 spiro atoms. The van der Waals surface area contributed by atoms with E-state index in [1.807, 2.05) is 30.6 Å². The number of rotatable bonds is 5. The van der Waals surface area contributed by atoms with Crippen LogP contribution in [0.3, 0.4) is 0 Å². The zero-order valence-corrected chi connectivity index (χ0v) is 12.8. The summed E-state index contributed by atoms with van der Waals surface area (Å²) in [5.41, 5.74) is 4.35. The number of benzene rings is 1. The van der Waals surface area contributed by atoms with Crippen LogP contribution in [0.2, 0.25) is 5.02 Å².